The van der Waals surface area contributed by atoms with Crippen LogP contribution in [-0.2, 0) is 16.6 Å². The van der Waals surface area contributed by atoms with Crippen molar-refractivity contribution < 1.29 is 19.1 Å². The molecule has 7 heteroatoms. The van der Waals surface area contributed by atoms with E-state index in [0.29, 0.717) is 11.3 Å². The molecule has 0 radical (unpaired) electrons. The average Bonchev–Trinajstić information content (AvgIpc) is 3.01. The molecule has 3 aromatic rings. The summed E-state index contributed by atoms with van der Waals surface area (Å²) in [5.74, 6) is -1.08. The van der Waals surface area contributed by atoms with Crippen LogP contribution in [0.4, 0.5) is 10.5 Å². The fourth-order valence-corrected chi connectivity index (χ4v) is 3.33. The summed E-state index contributed by atoms with van der Waals surface area (Å²) in [6, 6.07) is 13.5. The summed E-state index contributed by atoms with van der Waals surface area (Å²) in [6.45, 7) is 0. The van der Waals surface area contributed by atoms with Crippen molar-refractivity contribution in [2.45, 2.75) is 0 Å². The van der Waals surface area contributed by atoms with E-state index in [2.05, 4.69) is 5.32 Å². The lowest BCUT2D eigenvalue weighted by Crippen LogP contribution is -2.54. The number of carbonyl (C=O) groups excluding carboxylic acids is 3. The Labute approximate surface area is 160 Å². The number of amides is 4. The molecule has 2 aromatic carbocycles. The summed E-state index contributed by atoms with van der Waals surface area (Å²) in [5, 5.41) is 3.13. The highest BCUT2D eigenvalue weighted by Gasteiger charge is 2.38. The van der Waals surface area contributed by atoms with Crippen LogP contribution in [0.15, 0.2) is 60.3 Å². The SMILES string of the molecule is COc1ccccc1N1C(=O)NC(=O)/C(=C\c2cn(C)c3ccccc23)C1=O. The standard InChI is InChI=1S/C21H17N3O4/c1-23-12-13(14-7-3-4-8-16(14)23)11-15-19(25)22-21(27)24(20(15)26)17-9-5-6-10-18(17)28-2/h3-12H,1-2H3,(H,22,25,27)/b15-11+. The van der Waals surface area contributed by atoms with Gasteiger partial charge in [0.1, 0.15) is 11.3 Å². The number of nitrogens with zero attached hydrogens (tertiary/aromatic N) is 2. The first-order chi connectivity index (χ1) is 13.5. The Morgan fingerprint density at radius 3 is 2.50 bits per heavy atom. The number of aryl methyl sites for hydroxylation is 1. The van der Waals surface area contributed by atoms with E-state index < -0.39 is 17.8 Å². The monoisotopic (exact) mass is 375 g/mol. The molecule has 7 nitrogen and oxygen atoms in total. The lowest BCUT2D eigenvalue weighted by Gasteiger charge is -2.27. The van der Waals surface area contributed by atoms with E-state index >= 15 is 0 Å². The number of carbonyl (C=O) groups is 3. The van der Waals surface area contributed by atoms with E-state index in [1.165, 1.54) is 13.2 Å². The van der Waals surface area contributed by atoms with E-state index in [-0.39, 0.29) is 11.3 Å². The van der Waals surface area contributed by atoms with Crippen molar-refractivity contribution in [2.75, 3.05) is 12.0 Å². The zero-order valence-corrected chi connectivity index (χ0v) is 15.3. The van der Waals surface area contributed by atoms with Crippen LogP contribution in [-0.4, -0.2) is 29.5 Å². The summed E-state index contributed by atoms with van der Waals surface area (Å²) < 4.78 is 7.17. The van der Waals surface area contributed by atoms with E-state index in [1.54, 1.807) is 24.3 Å². The molecule has 1 fully saturated rings. The number of nitrogens with one attached hydrogen (secondary N) is 1. The maximum Gasteiger partial charge on any atom is 0.336 e. The molecule has 0 atom stereocenters. The highest BCUT2D eigenvalue weighted by molar-refractivity contribution is 6.39. The Kier molecular flexibility index (Phi) is 4.19. The molecule has 0 aliphatic carbocycles. The topological polar surface area (TPSA) is 80.6 Å². The van der Waals surface area contributed by atoms with Gasteiger partial charge in [0.05, 0.1) is 12.8 Å². The Morgan fingerprint density at radius 2 is 1.71 bits per heavy atom. The molecule has 0 saturated carbocycles. The van der Waals surface area contributed by atoms with Crippen molar-refractivity contribution in [2.24, 2.45) is 7.05 Å². The molecule has 0 bridgehead atoms. The lowest BCUT2D eigenvalue weighted by atomic mass is 10.1. The molecule has 140 valence electrons. The van der Waals surface area contributed by atoms with Gasteiger partial charge in [0.2, 0.25) is 0 Å². The Bertz CT molecular complexity index is 1160. The zero-order chi connectivity index (χ0) is 19.8. The smallest absolute Gasteiger partial charge is 0.336 e. The fraction of sp³-hybridized carbons (Fsp3) is 0.0952. The molecule has 1 aliphatic heterocycles. The molecular formula is C21H17N3O4. The third kappa shape index (κ3) is 2.73. The number of hydrogen-bond donors (Lipinski definition) is 1. The first-order valence-electron chi connectivity index (χ1n) is 8.60. The zero-order valence-electron chi connectivity index (χ0n) is 15.3. The van der Waals surface area contributed by atoms with Crippen molar-refractivity contribution in [3.05, 3.63) is 65.9 Å². The van der Waals surface area contributed by atoms with E-state index in [9.17, 15) is 14.4 Å². The number of methoxy groups -OCH3 is 1. The van der Waals surface area contributed by atoms with Gasteiger partial charge in [-0.05, 0) is 24.3 Å². The van der Waals surface area contributed by atoms with Crippen LogP contribution in [0.5, 0.6) is 5.75 Å². The van der Waals surface area contributed by atoms with Gasteiger partial charge in [0, 0.05) is 29.7 Å². The van der Waals surface area contributed by atoms with Crippen LogP contribution >= 0.6 is 0 Å². The van der Waals surface area contributed by atoms with Gasteiger partial charge in [-0.1, -0.05) is 30.3 Å². The number of urea groups is 1. The van der Waals surface area contributed by atoms with Crippen LogP contribution in [0.1, 0.15) is 5.56 Å². The van der Waals surface area contributed by atoms with Crippen molar-refractivity contribution in [1.29, 1.82) is 0 Å². The molecule has 4 amide bonds. The quantitative estimate of drug-likeness (QED) is 0.564. The summed E-state index contributed by atoms with van der Waals surface area (Å²) >= 11 is 0. The maximum atomic E-state index is 13.1. The minimum absolute atomic E-state index is 0.123. The first kappa shape index (κ1) is 17.5. The van der Waals surface area contributed by atoms with Crippen LogP contribution in [0, 0.1) is 0 Å². The average molecular weight is 375 g/mol. The largest absolute Gasteiger partial charge is 0.495 e. The van der Waals surface area contributed by atoms with Gasteiger partial charge < -0.3 is 9.30 Å². The second kappa shape index (κ2) is 6.70. The Morgan fingerprint density at radius 1 is 1.00 bits per heavy atom. The normalized spacial score (nSPS) is 16.0. The molecule has 1 saturated heterocycles. The number of hydrogen-bond acceptors (Lipinski definition) is 4. The number of barbiturate groups is 1. The number of anilines is 1. The van der Waals surface area contributed by atoms with Gasteiger partial charge in [-0.25, -0.2) is 9.69 Å². The molecule has 28 heavy (non-hydrogen) atoms. The molecule has 1 N–H and O–H groups in total. The summed E-state index contributed by atoms with van der Waals surface area (Å²) in [6.07, 6.45) is 3.34. The summed E-state index contributed by atoms with van der Waals surface area (Å²) in [4.78, 5) is 38.8. The lowest BCUT2D eigenvalue weighted by molar-refractivity contribution is -0.122. The molecule has 2 heterocycles. The summed E-state index contributed by atoms with van der Waals surface area (Å²) in [7, 11) is 3.33. The second-order valence-corrected chi connectivity index (χ2v) is 6.34. The number of ether oxygens (including phenoxy) is 1. The Balaban J connectivity index is 1.83. The molecule has 1 aromatic heterocycles. The first-order valence-corrected chi connectivity index (χ1v) is 8.60. The van der Waals surface area contributed by atoms with Gasteiger partial charge in [0.25, 0.3) is 11.8 Å². The molecule has 1 aliphatic rings. The molecular weight excluding hydrogens is 358 g/mol. The van der Waals surface area contributed by atoms with Crippen molar-refractivity contribution in [3.8, 4) is 5.75 Å². The van der Waals surface area contributed by atoms with Crippen molar-refractivity contribution in [3.63, 3.8) is 0 Å². The number of aromatic nitrogens is 1. The number of para-hydroxylation sites is 3. The van der Waals surface area contributed by atoms with Crippen LogP contribution in [0.25, 0.3) is 17.0 Å². The minimum Gasteiger partial charge on any atom is -0.495 e. The highest BCUT2D eigenvalue weighted by Crippen LogP contribution is 2.31. The van der Waals surface area contributed by atoms with Crippen molar-refractivity contribution >= 4 is 40.5 Å². The third-order valence-corrected chi connectivity index (χ3v) is 4.66. The van der Waals surface area contributed by atoms with E-state index in [1.807, 2.05) is 42.1 Å². The number of fused-ring (bicyclic) bond motifs is 1. The van der Waals surface area contributed by atoms with Crippen LogP contribution < -0.4 is 15.0 Å². The van der Waals surface area contributed by atoms with E-state index in [0.717, 1.165) is 15.8 Å². The maximum absolute atomic E-state index is 13.1. The van der Waals surface area contributed by atoms with Crippen LogP contribution in [0.2, 0.25) is 0 Å². The molecule has 0 unspecified atom stereocenters. The second-order valence-electron chi connectivity index (χ2n) is 6.34. The van der Waals surface area contributed by atoms with Gasteiger partial charge >= 0.3 is 6.03 Å². The fourth-order valence-electron chi connectivity index (χ4n) is 3.33. The van der Waals surface area contributed by atoms with Gasteiger partial charge in [-0.15, -0.1) is 0 Å². The number of benzene rings is 2. The van der Waals surface area contributed by atoms with E-state index in [4.69, 9.17) is 4.74 Å². The van der Waals surface area contributed by atoms with Crippen LogP contribution in [0.3, 0.4) is 0 Å². The number of imide groups is 2. The molecule has 0 spiro atoms. The highest BCUT2D eigenvalue weighted by atomic mass is 16.5. The summed E-state index contributed by atoms with van der Waals surface area (Å²) in [5.41, 5.74) is 1.83. The van der Waals surface area contributed by atoms with Gasteiger partial charge in [-0.2, -0.15) is 0 Å². The predicted molar refractivity (Wildman–Crippen MR) is 105 cm³/mol. The van der Waals surface area contributed by atoms with Gasteiger partial charge in [-0.3, -0.25) is 14.9 Å². The minimum atomic E-state index is -0.811. The Hall–Kier alpha value is -3.87. The van der Waals surface area contributed by atoms with Gasteiger partial charge in [0.15, 0.2) is 0 Å². The molecule has 4 rings (SSSR count). The number of rotatable bonds is 3. The predicted octanol–water partition coefficient (Wildman–Crippen LogP) is 2.85. The third-order valence-electron chi connectivity index (χ3n) is 4.66. The van der Waals surface area contributed by atoms with Crippen molar-refractivity contribution in [1.82, 2.24) is 9.88 Å².